The maximum absolute atomic E-state index is 10.8. The first kappa shape index (κ1) is 26.1. The first-order chi connectivity index (χ1) is 15.4. The van der Waals surface area contributed by atoms with Crippen LogP contribution in [0.2, 0.25) is 0 Å². The predicted octanol–water partition coefficient (Wildman–Crippen LogP) is 4.10. The number of carboxylic acids is 1. The van der Waals surface area contributed by atoms with Gasteiger partial charge in [0.15, 0.2) is 0 Å². The molecule has 1 aliphatic rings. The Bertz CT molecular complexity index is 716. The number of hydrogen-bond donors (Lipinski definition) is 4. The lowest BCUT2D eigenvalue weighted by Crippen LogP contribution is -2.31. The zero-order valence-corrected chi connectivity index (χ0v) is 18.9. The summed E-state index contributed by atoms with van der Waals surface area (Å²) >= 11 is 0. The molecule has 6 heteroatoms. The number of ether oxygens (including phenoxy) is 1. The van der Waals surface area contributed by atoms with Crippen LogP contribution < -0.4 is 4.74 Å². The van der Waals surface area contributed by atoms with E-state index in [1.165, 1.54) is 0 Å². The summed E-state index contributed by atoms with van der Waals surface area (Å²) in [5.41, 5.74) is 0. The van der Waals surface area contributed by atoms with Crippen LogP contribution in [-0.2, 0) is 4.79 Å². The highest BCUT2D eigenvalue weighted by Gasteiger charge is 2.39. The highest BCUT2D eigenvalue weighted by atomic mass is 16.5. The van der Waals surface area contributed by atoms with E-state index in [9.17, 15) is 20.1 Å². The zero-order valence-electron chi connectivity index (χ0n) is 18.9. The Hall–Kier alpha value is -2.15. The molecule has 32 heavy (non-hydrogen) atoms. The van der Waals surface area contributed by atoms with Crippen molar-refractivity contribution in [1.82, 2.24) is 0 Å². The molecule has 1 aromatic rings. The Balaban J connectivity index is 1.97. The van der Waals surface area contributed by atoms with Crippen molar-refractivity contribution in [3.8, 4) is 5.75 Å². The van der Waals surface area contributed by atoms with Crippen LogP contribution in [0.3, 0.4) is 0 Å². The van der Waals surface area contributed by atoms with Gasteiger partial charge in [-0.3, -0.25) is 4.79 Å². The van der Waals surface area contributed by atoms with Crippen LogP contribution in [-0.4, -0.2) is 50.8 Å². The maximum Gasteiger partial charge on any atom is 0.303 e. The molecule has 0 heterocycles. The van der Waals surface area contributed by atoms with Crippen molar-refractivity contribution < 1.29 is 30.0 Å². The number of hydrogen-bond acceptors (Lipinski definition) is 5. The first-order valence-corrected chi connectivity index (χ1v) is 11.7. The molecule has 2 rings (SSSR count). The van der Waals surface area contributed by atoms with Gasteiger partial charge in [0.05, 0.1) is 12.2 Å². The molecule has 4 N–H and O–H groups in total. The van der Waals surface area contributed by atoms with E-state index in [0.29, 0.717) is 31.4 Å². The molecule has 2 unspecified atom stereocenters. The van der Waals surface area contributed by atoms with Crippen molar-refractivity contribution in [3.05, 3.63) is 54.6 Å². The Morgan fingerprint density at radius 3 is 2.59 bits per heavy atom. The third-order valence-electron chi connectivity index (χ3n) is 6.04. The highest BCUT2D eigenvalue weighted by molar-refractivity contribution is 5.66. The number of carboxylic acid groups (broad SMARTS) is 1. The van der Waals surface area contributed by atoms with Crippen LogP contribution >= 0.6 is 0 Å². The van der Waals surface area contributed by atoms with Crippen LogP contribution in [0.1, 0.15) is 58.3 Å². The Morgan fingerprint density at radius 2 is 1.91 bits per heavy atom. The third kappa shape index (κ3) is 8.77. The fourth-order valence-electron chi connectivity index (χ4n) is 4.19. The SMILES string of the molecule is CCCCC(Oc1ccccc1)[C@H](O)/C=C/C1[C@H](O)C[C@H](O)[C@@H]1C/C=C\CCCC(=O)O. The van der Waals surface area contributed by atoms with Gasteiger partial charge in [-0.15, -0.1) is 0 Å². The van der Waals surface area contributed by atoms with E-state index in [1.807, 2.05) is 48.6 Å². The second kappa shape index (κ2) is 14.1. The van der Waals surface area contributed by atoms with Crippen LogP contribution in [0.5, 0.6) is 5.75 Å². The van der Waals surface area contributed by atoms with Gasteiger partial charge in [0.1, 0.15) is 18.0 Å². The fourth-order valence-corrected chi connectivity index (χ4v) is 4.19. The zero-order chi connectivity index (χ0) is 23.3. The van der Waals surface area contributed by atoms with Gasteiger partial charge in [-0.05, 0) is 50.2 Å². The van der Waals surface area contributed by atoms with Crippen LogP contribution in [0.25, 0.3) is 0 Å². The number of para-hydroxylation sites is 1. The topological polar surface area (TPSA) is 107 Å². The molecule has 1 fully saturated rings. The smallest absolute Gasteiger partial charge is 0.303 e. The van der Waals surface area contributed by atoms with Gasteiger partial charge < -0.3 is 25.2 Å². The van der Waals surface area contributed by atoms with E-state index in [-0.39, 0.29) is 24.4 Å². The van der Waals surface area contributed by atoms with E-state index in [2.05, 4.69) is 6.92 Å². The number of unbranched alkanes of at least 4 members (excludes halogenated alkanes) is 2. The maximum atomic E-state index is 10.8. The van der Waals surface area contributed by atoms with E-state index >= 15 is 0 Å². The molecule has 178 valence electrons. The average molecular weight is 447 g/mol. The molecule has 0 aliphatic heterocycles. The molecular weight excluding hydrogens is 408 g/mol. The van der Waals surface area contributed by atoms with Gasteiger partial charge >= 0.3 is 5.97 Å². The molecule has 0 radical (unpaired) electrons. The average Bonchev–Trinajstić information content (AvgIpc) is 3.04. The number of rotatable bonds is 14. The Morgan fingerprint density at radius 1 is 1.16 bits per heavy atom. The quantitative estimate of drug-likeness (QED) is 0.253. The molecule has 0 amide bonds. The van der Waals surface area contributed by atoms with Crippen molar-refractivity contribution in [1.29, 1.82) is 0 Å². The minimum absolute atomic E-state index is 0.141. The van der Waals surface area contributed by atoms with E-state index < -0.39 is 24.3 Å². The van der Waals surface area contributed by atoms with Gasteiger partial charge in [-0.1, -0.05) is 55.8 Å². The number of aliphatic carboxylic acids is 1. The monoisotopic (exact) mass is 446 g/mol. The van der Waals surface area contributed by atoms with Gasteiger partial charge in [-0.25, -0.2) is 0 Å². The normalized spacial score (nSPS) is 25.4. The summed E-state index contributed by atoms with van der Waals surface area (Å²) in [6.45, 7) is 2.10. The summed E-state index contributed by atoms with van der Waals surface area (Å²) in [7, 11) is 0. The molecule has 1 aliphatic carbocycles. The standard InChI is InChI=1S/C26H38O6/c1-2-3-14-25(32-19-11-7-6-8-12-19)22(27)17-16-21-20(23(28)18-24(21)29)13-9-4-5-10-15-26(30)31/h4,6-9,11-12,16-17,20-25,27-29H,2-3,5,10,13-15,18H2,1H3,(H,30,31)/b9-4-,17-16+/t20-,21?,22-,23+,24-,25?/m1/s1. The number of carbonyl (C=O) groups is 1. The molecule has 0 bridgehead atoms. The first-order valence-electron chi connectivity index (χ1n) is 11.7. The molecule has 0 spiro atoms. The molecule has 0 aromatic heterocycles. The number of aliphatic hydroxyl groups excluding tert-OH is 3. The summed E-state index contributed by atoms with van der Waals surface area (Å²) in [4.78, 5) is 10.6. The Labute approximate surface area is 191 Å². The summed E-state index contributed by atoms with van der Waals surface area (Å²) in [6, 6.07) is 9.43. The molecule has 0 saturated heterocycles. The number of aliphatic hydroxyl groups is 3. The predicted molar refractivity (Wildman–Crippen MR) is 124 cm³/mol. The van der Waals surface area contributed by atoms with Gasteiger partial charge in [-0.2, -0.15) is 0 Å². The van der Waals surface area contributed by atoms with Crippen molar-refractivity contribution in [2.45, 2.75) is 82.7 Å². The lowest BCUT2D eigenvalue weighted by Gasteiger charge is -2.24. The van der Waals surface area contributed by atoms with Crippen LogP contribution in [0, 0.1) is 11.8 Å². The van der Waals surface area contributed by atoms with E-state index in [4.69, 9.17) is 9.84 Å². The largest absolute Gasteiger partial charge is 0.487 e. The highest BCUT2D eigenvalue weighted by Crippen LogP contribution is 2.36. The van der Waals surface area contributed by atoms with Gasteiger partial charge in [0.25, 0.3) is 0 Å². The molecule has 6 nitrogen and oxygen atoms in total. The minimum Gasteiger partial charge on any atom is -0.487 e. The summed E-state index contributed by atoms with van der Waals surface area (Å²) < 4.78 is 6.02. The number of benzene rings is 1. The second-order valence-corrected chi connectivity index (χ2v) is 8.59. The second-order valence-electron chi connectivity index (χ2n) is 8.59. The van der Waals surface area contributed by atoms with Crippen molar-refractivity contribution in [2.24, 2.45) is 11.8 Å². The lowest BCUT2D eigenvalue weighted by molar-refractivity contribution is -0.137. The molecular formula is C26H38O6. The van der Waals surface area contributed by atoms with Crippen molar-refractivity contribution >= 4 is 5.97 Å². The van der Waals surface area contributed by atoms with E-state index in [1.54, 1.807) is 6.08 Å². The van der Waals surface area contributed by atoms with Crippen molar-refractivity contribution in [3.63, 3.8) is 0 Å². The van der Waals surface area contributed by atoms with Crippen LogP contribution in [0.15, 0.2) is 54.6 Å². The molecule has 1 aromatic carbocycles. The van der Waals surface area contributed by atoms with Crippen LogP contribution in [0.4, 0.5) is 0 Å². The number of allylic oxidation sites excluding steroid dienone is 2. The van der Waals surface area contributed by atoms with Gasteiger partial charge in [0.2, 0.25) is 0 Å². The Kier molecular flexibility index (Phi) is 11.5. The van der Waals surface area contributed by atoms with E-state index in [0.717, 1.165) is 19.3 Å². The lowest BCUT2D eigenvalue weighted by atomic mass is 9.89. The minimum atomic E-state index is -0.820. The van der Waals surface area contributed by atoms with Gasteiger partial charge in [0, 0.05) is 18.8 Å². The summed E-state index contributed by atoms with van der Waals surface area (Å²) in [5, 5.41) is 40.3. The third-order valence-corrected chi connectivity index (χ3v) is 6.04. The molecule has 6 atom stereocenters. The fraction of sp³-hybridized carbons (Fsp3) is 0.577. The molecule has 1 saturated carbocycles. The van der Waals surface area contributed by atoms with Crippen molar-refractivity contribution in [2.75, 3.05) is 0 Å². The summed E-state index contributed by atoms with van der Waals surface area (Å²) in [6.07, 6.45) is 9.87. The summed E-state index contributed by atoms with van der Waals surface area (Å²) in [5.74, 6) is -0.492.